The summed E-state index contributed by atoms with van der Waals surface area (Å²) in [6.07, 6.45) is 3.83. The zero-order valence-electron chi connectivity index (χ0n) is 16.4. The van der Waals surface area contributed by atoms with E-state index in [1.807, 2.05) is 48.0 Å². The fraction of sp³-hybridized carbons (Fsp3) is 0.409. The topological polar surface area (TPSA) is 80.0 Å². The van der Waals surface area contributed by atoms with Crippen LogP contribution < -0.4 is 5.32 Å². The summed E-state index contributed by atoms with van der Waals surface area (Å²) in [6, 6.07) is 12.0. The van der Waals surface area contributed by atoms with Crippen molar-refractivity contribution in [2.45, 2.75) is 39.5 Å². The van der Waals surface area contributed by atoms with E-state index in [-0.39, 0.29) is 11.8 Å². The second kappa shape index (κ2) is 7.62. The number of benzene rings is 1. The van der Waals surface area contributed by atoms with Crippen molar-refractivity contribution in [3.63, 3.8) is 0 Å². The molecule has 2 heterocycles. The molecule has 0 radical (unpaired) electrons. The maximum atomic E-state index is 11.6. The van der Waals surface area contributed by atoms with Crippen molar-refractivity contribution in [3.05, 3.63) is 47.7 Å². The minimum Gasteiger partial charge on any atom is -0.481 e. The first-order valence-corrected chi connectivity index (χ1v) is 9.93. The molecule has 2 N–H and O–H groups in total. The van der Waals surface area contributed by atoms with Gasteiger partial charge in [-0.25, -0.2) is 9.67 Å². The van der Waals surface area contributed by atoms with Gasteiger partial charge in [-0.2, -0.15) is 5.10 Å². The molecule has 2 atom stereocenters. The molecule has 0 unspecified atom stereocenters. The van der Waals surface area contributed by atoms with E-state index in [1.54, 1.807) is 0 Å². The van der Waals surface area contributed by atoms with Crippen LogP contribution in [0.3, 0.4) is 0 Å². The predicted molar refractivity (Wildman–Crippen MR) is 110 cm³/mol. The molecule has 6 nitrogen and oxygen atoms in total. The highest BCUT2D eigenvalue weighted by Crippen LogP contribution is 2.31. The molecule has 0 aliphatic heterocycles. The van der Waals surface area contributed by atoms with Crippen LogP contribution in [0, 0.1) is 25.7 Å². The Labute approximate surface area is 164 Å². The number of nitrogens with one attached hydrogen (secondary N) is 1. The number of hydrogen-bond donors (Lipinski definition) is 2. The third-order valence-electron chi connectivity index (χ3n) is 5.78. The second-order valence-electron chi connectivity index (χ2n) is 7.73. The van der Waals surface area contributed by atoms with E-state index in [0.717, 1.165) is 59.5 Å². The molecule has 0 spiro atoms. The lowest BCUT2D eigenvalue weighted by molar-refractivity contribution is -0.144. The first kappa shape index (κ1) is 18.5. The molecular weight excluding hydrogens is 352 g/mol. The van der Waals surface area contributed by atoms with Gasteiger partial charge in [-0.1, -0.05) is 31.0 Å². The fourth-order valence-electron chi connectivity index (χ4n) is 4.36. The standard InChI is InChI=1S/C22H26N4O2/c1-14-12-19(23-13-16-8-6-7-11-18(16)22(27)28)24-21-20(14)15(2)25-26(21)17-9-4-3-5-10-17/h3-5,9-10,12,16,18H,6-8,11,13H2,1-2H3,(H,23,24)(H,27,28)/t16-,18-/m0/s1. The normalized spacial score (nSPS) is 19.6. The lowest BCUT2D eigenvalue weighted by atomic mass is 9.79. The highest BCUT2D eigenvalue weighted by molar-refractivity contribution is 5.85. The van der Waals surface area contributed by atoms with Crippen LogP contribution >= 0.6 is 0 Å². The molecule has 1 saturated carbocycles. The lowest BCUT2D eigenvalue weighted by Gasteiger charge is -2.28. The number of para-hydroxylation sites is 1. The zero-order chi connectivity index (χ0) is 19.7. The van der Waals surface area contributed by atoms with Gasteiger partial charge < -0.3 is 10.4 Å². The van der Waals surface area contributed by atoms with Crippen LogP contribution in [0.15, 0.2) is 36.4 Å². The summed E-state index contributed by atoms with van der Waals surface area (Å²) in [5.41, 5.74) is 3.87. The SMILES string of the molecule is Cc1cc(NC[C@@H]2CCCC[C@@H]2C(=O)O)nc2c1c(C)nn2-c1ccccc1. The zero-order valence-corrected chi connectivity index (χ0v) is 16.4. The van der Waals surface area contributed by atoms with Crippen LogP contribution in [0.1, 0.15) is 36.9 Å². The van der Waals surface area contributed by atoms with Gasteiger partial charge >= 0.3 is 5.97 Å². The van der Waals surface area contributed by atoms with Crippen molar-refractivity contribution in [2.75, 3.05) is 11.9 Å². The summed E-state index contributed by atoms with van der Waals surface area (Å²) < 4.78 is 1.88. The number of carbonyl (C=O) groups is 1. The molecule has 1 aromatic carbocycles. The Morgan fingerprint density at radius 3 is 2.71 bits per heavy atom. The summed E-state index contributed by atoms with van der Waals surface area (Å²) in [6.45, 7) is 4.70. The average Bonchev–Trinajstić information content (AvgIpc) is 3.04. The Kier molecular flexibility index (Phi) is 5.03. The molecule has 0 amide bonds. The highest BCUT2D eigenvalue weighted by atomic mass is 16.4. The van der Waals surface area contributed by atoms with E-state index in [0.29, 0.717) is 6.54 Å². The van der Waals surface area contributed by atoms with Crippen molar-refractivity contribution < 1.29 is 9.90 Å². The largest absolute Gasteiger partial charge is 0.481 e. The number of carboxylic acids is 1. The molecule has 0 bridgehead atoms. The van der Waals surface area contributed by atoms with E-state index in [4.69, 9.17) is 10.1 Å². The lowest BCUT2D eigenvalue weighted by Crippen LogP contribution is -2.31. The van der Waals surface area contributed by atoms with Gasteiger partial charge in [0.05, 0.1) is 17.3 Å². The van der Waals surface area contributed by atoms with E-state index >= 15 is 0 Å². The van der Waals surface area contributed by atoms with Crippen LogP contribution in [0.4, 0.5) is 5.82 Å². The number of nitrogens with zero attached hydrogens (tertiary/aromatic N) is 3. The number of aliphatic carboxylic acids is 1. The number of hydrogen-bond acceptors (Lipinski definition) is 4. The third-order valence-corrected chi connectivity index (χ3v) is 5.78. The van der Waals surface area contributed by atoms with Crippen LogP contribution in [0.25, 0.3) is 16.7 Å². The van der Waals surface area contributed by atoms with Crippen LogP contribution in [0.5, 0.6) is 0 Å². The predicted octanol–water partition coefficient (Wildman–Crippen LogP) is 4.34. The summed E-state index contributed by atoms with van der Waals surface area (Å²) in [7, 11) is 0. The molecular formula is C22H26N4O2. The van der Waals surface area contributed by atoms with Gasteiger partial charge in [0.1, 0.15) is 5.82 Å². The van der Waals surface area contributed by atoms with Gasteiger partial charge in [-0.3, -0.25) is 4.79 Å². The number of aryl methyl sites for hydroxylation is 2. The second-order valence-corrected chi connectivity index (χ2v) is 7.73. The van der Waals surface area contributed by atoms with Crippen molar-refractivity contribution in [3.8, 4) is 5.69 Å². The van der Waals surface area contributed by atoms with Crippen LogP contribution in [-0.4, -0.2) is 32.4 Å². The van der Waals surface area contributed by atoms with Crippen molar-refractivity contribution >= 4 is 22.8 Å². The first-order valence-electron chi connectivity index (χ1n) is 9.93. The molecule has 1 fully saturated rings. The van der Waals surface area contributed by atoms with Crippen molar-refractivity contribution in [1.29, 1.82) is 0 Å². The molecule has 2 aromatic heterocycles. The van der Waals surface area contributed by atoms with Gasteiger partial charge in [-0.05, 0) is 56.4 Å². The van der Waals surface area contributed by atoms with Gasteiger partial charge in [0.25, 0.3) is 0 Å². The number of rotatable bonds is 5. The Hall–Kier alpha value is -2.89. The van der Waals surface area contributed by atoms with Gasteiger partial charge in [0, 0.05) is 11.9 Å². The van der Waals surface area contributed by atoms with Gasteiger partial charge in [0.15, 0.2) is 5.65 Å². The molecule has 1 aliphatic rings. The summed E-state index contributed by atoms with van der Waals surface area (Å²) in [5.74, 6) is -0.0198. The van der Waals surface area contributed by atoms with E-state index < -0.39 is 5.97 Å². The average molecular weight is 378 g/mol. The first-order chi connectivity index (χ1) is 13.5. The monoisotopic (exact) mass is 378 g/mol. The summed E-state index contributed by atoms with van der Waals surface area (Å²) in [4.78, 5) is 16.4. The molecule has 4 rings (SSSR count). The van der Waals surface area contributed by atoms with Crippen LogP contribution in [0.2, 0.25) is 0 Å². The van der Waals surface area contributed by atoms with Crippen molar-refractivity contribution in [1.82, 2.24) is 14.8 Å². The molecule has 3 aromatic rings. The van der Waals surface area contributed by atoms with Gasteiger partial charge in [-0.15, -0.1) is 0 Å². The number of aromatic nitrogens is 3. The summed E-state index contributed by atoms with van der Waals surface area (Å²) >= 11 is 0. The van der Waals surface area contributed by atoms with E-state index in [1.165, 1.54) is 0 Å². The van der Waals surface area contributed by atoms with Gasteiger partial charge in [0.2, 0.25) is 0 Å². The smallest absolute Gasteiger partial charge is 0.306 e. The Morgan fingerprint density at radius 1 is 1.21 bits per heavy atom. The summed E-state index contributed by atoms with van der Waals surface area (Å²) in [5, 5.41) is 18.7. The van der Waals surface area contributed by atoms with E-state index in [2.05, 4.69) is 12.2 Å². The molecule has 6 heteroatoms. The Balaban J connectivity index is 1.64. The highest BCUT2D eigenvalue weighted by Gasteiger charge is 2.30. The maximum absolute atomic E-state index is 11.6. The molecule has 28 heavy (non-hydrogen) atoms. The van der Waals surface area contributed by atoms with E-state index in [9.17, 15) is 9.90 Å². The minimum atomic E-state index is -0.677. The Bertz CT molecular complexity index is 997. The van der Waals surface area contributed by atoms with Crippen molar-refractivity contribution in [2.24, 2.45) is 11.8 Å². The molecule has 146 valence electrons. The molecule has 1 aliphatic carbocycles. The third kappa shape index (κ3) is 3.46. The number of carboxylic acid groups (broad SMARTS) is 1. The minimum absolute atomic E-state index is 0.143. The van der Waals surface area contributed by atoms with Crippen LogP contribution in [-0.2, 0) is 4.79 Å². The fourth-order valence-corrected chi connectivity index (χ4v) is 4.36. The Morgan fingerprint density at radius 2 is 1.96 bits per heavy atom. The number of fused-ring (bicyclic) bond motifs is 1. The number of anilines is 1. The quantitative estimate of drug-likeness (QED) is 0.690. The number of pyridine rings is 1. The molecule has 0 saturated heterocycles. The maximum Gasteiger partial charge on any atom is 0.306 e.